The Kier molecular flexibility index (Phi) is 4.14. The van der Waals surface area contributed by atoms with E-state index in [9.17, 15) is 4.79 Å². The van der Waals surface area contributed by atoms with E-state index in [0.717, 1.165) is 11.4 Å². The normalized spacial score (nSPS) is 18.7. The number of carbonyl (C=O) groups excluding carboxylic acids is 1. The predicted octanol–water partition coefficient (Wildman–Crippen LogP) is 2.03. The molecule has 0 spiro atoms. The maximum atomic E-state index is 11.6. The number of fused-ring (bicyclic) bond motifs is 1. The second kappa shape index (κ2) is 5.82. The fourth-order valence-electron chi connectivity index (χ4n) is 2.14. The van der Waals surface area contributed by atoms with Crippen molar-refractivity contribution in [1.82, 2.24) is 0 Å². The first-order valence-corrected chi connectivity index (χ1v) is 6.56. The third-order valence-electron chi connectivity index (χ3n) is 3.12. The topological polar surface area (TPSA) is 73.6 Å². The molecule has 1 aliphatic heterocycles. The number of rotatable bonds is 4. The average molecular weight is 264 g/mol. The van der Waals surface area contributed by atoms with Crippen LogP contribution < -0.4 is 15.8 Å². The van der Waals surface area contributed by atoms with Gasteiger partial charge in [0.25, 0.3) is 0 Å². The first kappa shape index (κ1) is 13.5. The van der Waals surface area contributed by atoms with Crippen molar-refractivity contribution >= 4 is 17.3 Å². The quantitative estimate of drug-likeness (QED) is 0.643. The molecule has 1 heterocycles. The molecular formula is C14H20N2O3. The molecule has 1 aliphatic rings. The number of anilines is 2. The zero-order chi connectivity index (χ0) is 13.8. The van der Waals surface area contributed by atoms with Crippen molar-refractivity contribution in [2.45, 2.75) is 26.4 Å². The van der Waals surface area contributed by atoms with Crippen molar-refractivity contribution in [2.24, 2.45) is 5.92 Å². The molecule has 2 rings (SSSR count). The summed E-state index contributed by atoms with van der Waals surface area (Å²) < 4.78 is 10.9. The van der Waals surface area contributed by atoms with E-state index in [1.807, 2.05) is 26.0 Å². The van der Waals surface area contributed by atoms with Crippen LogP contribution in [0.3, 0.4) is 0 Å². The number of nitrogens with one attached hydrogen (secondary N) is 1. The SMILES string of the molecule is CCOC(=O)C(C)C[C@H]1CNc2cc(N)ccc2O1. The summed E-state index contributed by atoms with van der Waals surface area (Å²) in [6.45, 7) is 4.75. The van der Waals surface area contributed by atoms with Crippen molar-refractivity contribution in [3.8, 4) is 5.75 Å². The van der Waals surface area contributed by atoms with E-state index in [4.69, 9.17) is 15.2 Å². The van der Waals surface area contributed by atoms with Crippen LogP contribution in [0.2, 0.25) is 0 Å². The summed E-state index contributed by atoms with van der Waals surface area (Å²) in [6.07, 6.45) is 0.603. The monoisotopic (exact) mass is 264 g/mol. The highest BCUT2D eigenvalue weighted by Gasteiger charge is 2.25. The minimum atomic E-state index is -0.172. The smallest absolute Gasteiger partial charge is 0.308 e. The van der Waals surface area contributed by atoms with Crippen molar-refractivity contribution < 1.29 is 14.3 Å². The third kappa shape index (κ3) is 3.30. The third-order valence-corrected chi connectivity index (χ3v) is 3.12. The van der Waals surface area contributed by atoms with Crippen LogP contribution in [-0.4, -0.2) is 25.2 Å². The molecule has 0 aromatic heterocycles. The summed E-state index contributed by atoms with van der Waals surface area (Å²) >= 11 is 0. The van der Waals surface area contributed by atoms with Gasteiger partial charge in [0.15, 0.2) is 0 Å². The van der Waals surface area contributed by atoms with Crippen LogP contribution in [0.15, 0.2) is 18.2 Å². The molecule has 0 radical (unpaired) electrons. The second-order valence-electron chi connectivity index (χ2n) is 4.77. The van der Waals surface area contributed by atoms with Gasteiger partial charge in [0.2, 0.25) is 0 Å². The Labute approximate surface area is 113 Å². The number of esters is 1. The zero-order valence-corrected chi connectivity index (χ0v) is 11.3. The molecule has 1 aromatic carbocycles. The zero-order valence-electron chi connectivity index (χ0n) is 11.3. The van der Waals surface area contributed by atoms with Gasteiger partial charge in [-0.1, -0.05) is 6.92 Å². The minimum absolute atomic E-state index is 0.0319. The van der Waals surface area contributed by atoms with Crippen LogP contribution in [0.5, 0.6) is 5.75 Å². The number of carbonyl (C=O) groups is 1. The number of hydrogen-bond acceptors (Lipinski definition) is 5. The Balaban J connectivity index is 1.95. The molecule has 1 aromatic rings. The minimum Gasteiger partial charge on any atom is -0.486 e. The van der Waals surface area contributed by atoms with Crippen LogP contribution >= 0.6 is 0 Å². The fourth-order valence-corrected chi connectivity index (χ4v) is 2.14. The van der Waals surface area contributed by atoms with Gasteiger partial charge in [0, 0.05) is 5.69 Å². The molecule has 0 bridgehead atoms. The van der Waals surface area contributed by atoms with Crippen LogP contribution in [-0.2, 0) is 9.53 Å². The molecule has 0 aliphatic carbocycles. The number of nitrogen functional groups attached to an aromatic ring is 1. The van der Waals surface area contributed by atoms with E-state index in [1.54, 1.807) is 6.07 Å². The van der Waals surface area contributed by atoms with E-state index in [-0.39, 0.29) is 18.0 Å². The van der Waals surface area contributed by atoms with Gasteiger partial charge in [0.05, 0.1) is 24.8 Å². The maximum Gasteiger partial charge on any atom is 0.308 e. The Morgan fingerprint density at radius 3 is 3.16 bits per heavy atom. The molecule has 5 heteroatoms. The molecule has 2 atom stereocenters. The molecule has 3 N–H and O–H groups in total. The molecule has 5 nitrogen and oxygen atoms in total. The van der Waals surface area contributed by atoms with Gasteiger partial charge >= 0.3 is 5.97 Å². The number of benzene rings is 1. The summed E-state index contributed by atoms with van der Waals surface area (Å²) in [5.41, 5.74) is 7.32. The Morgan fingerprint density at radius 2 is 2.42 bits per heavy atom. The van der Waals surface area contributed by atoms with Crippen LogP contribution in [0.25, 0.3) is 0 Å². The van der Waals surface area contributed by atoms with Crippen molar-refractivity contribution in [2.75, 3.05) is 24.2 Å². The van der Waals surface area contributed by atoms with Gasteiger partial charge in [-0.15, -0.1) is 0 Å². The number of ether oxygens (including phenoxy) is 2. The van der Waals surface area contributed by atoms with Crippen LogP contribution in [0.4, 0.5) is 11.4 Å². The molecular weight excluding hydrogens is 244 g/mol. The second-order valence-corrected chi connectivity index (χ2v) is 4.77. The lowest BCUT2D eigenvalue weighted by Crippen LogP contribution is -2.34. The van der Waals surface area contributed by atoms with Gasteiger partial charge in [-0.2, -0.15) is 0 Å². The Morgan fingerprint density at radius 1 is 1.63 bits per heavy atom. The predicted molar refractivity (Wildman–Crippen MR) is 74.2 cm³/mol. The highest BCUT2D eigenvalue weighted by atomic mass is 16.5. The summed E-state index contributed by atoms with van der Waals surface area (Å²) in [5, 5.41) is 3.27. The lowest BCUT2D eigenvalue weighted by Gasteiger charge is -2.28. The van der Waals surface area contributed by atoms with Gasteiger partial charge in [-0.25, -0.2) is 0 Å². The van der Waals surface area contributed by atoms with Crippen LogP contribution in [0, 0.1) is 5.92 Å². The molecule has 104 valence electrons. The summed E-state index contributed by atoms with van der Waals surface area (Å²) in [7, 11) is 0. The van der Waals surface area contributed by atoms with Gasteiger partial charge in [-0.05, 0) is 31.5 Å². The van der Waals surface area contributed by atoms with Gasteiger partial charge < -0.3 is 20.5 Å². The molecule has 0 saturated heterocycles. The van der Waals surface area contributed by atoms with E-state index >= 15 is 0 Å². The molecule has 1 unspecified atom stereocenters. The van der Waals surface area contributed by atoms with Gasteiger partial charge in [0.1, 0.15) is 11.9 Å². The summed E-state index contributed by atoms with van der Waals surface area (Å²) in [4.78, 5) is 11.6. The van der Waals surface area contributed by atoms with E-state index in [2.05, 4.69) is 5.32 Å². The first-order valence-electron chi connectivity index (χ1n) is 6.56. The Bertz CT molecular complexity index is 462. The molecule has 0 saturated carbocycles. The fraction of sp³-hybridized carbons (Fsp3) is 0.500. The van der Waals surface area contributed by atoms with Crippen molar-refractivity contribution in [3.63, 3.8) is 0 Å². The highest BCUT2D eigenvalue weighted by molar-refractivity contribution is 5.72. The van der Waals surface area contributed by atoms with Gasteiger partial charge in [-0.3, -0.25) is 4.79 Å². The maximum absolute atomic E-state index is 11.6. The lowest BCUT2D eigenvalue weighted by molar-refractivity contribution is -0.148. The van der Waals surface area contributed by atoms with Crippen LogP contribution in [0.1, 0.15) is 20.3 Å². The van der Waals surface area contributed by atoms with E-state index in [1.165, 1.54) is 0 Å². The molecule has 0 amide bonds. The Hall–Kier alpha value is -1.91. The summed E-state index contributed by atoms with van der Waals surface area (Å²) in [6, 6.07) is 5.50. The molecule has 0 fully saturated rings. The number of nitrogens with two attached hydrogens (primary N) is 1. The number of hydrogen-bond donors (Lipinski definition) is 2. The largest absolute Gasteiger partial charge is 0.486 e. The van der Waals surface area contributed by atoms with Crippen molar-refractivity contribution in [3.05, 3.63) is 18.2 Å². The van der Waals surface area contributed by atoms with E-state index in [0.29, 0.717) is 25.3 Å². The van der Waals surface area contributed by atoms with E-state index < -0.39 is 0 Å². The lowest BCUT2D eigenvalue weighted by atomic mass is 10.0. The summed E-state index contributed by atoms with van der Waals surface area (Å²) in [5.74, 6) is 0.442. The average Bonchev–Trinajstić information content (AvgIpc) is 2.39. The molecule has 19 heavy (non-hydrogen) atoms. The first-order chi connectivity index (χ1) is 9.10. The highest BCUT2D eigenvalue weighted by Crippen LogP contribution is 2.32. The van der Waals surface area contributed by atoms with Crippen molar-refractivity contribution in [1.29, 1.82) is 0 Å². The standard InChI is InChI=1S/C14H20N2O3/c1-3-18-14(17)9(2)6-11-8-16-12-7-10(15)4-5-13(12)19-11/h4-5,7,9,11,16H,3,6,8,15H2,1-2H3/t9?,11-/m0/s1.